The van der Waals surface area contributed by atoms with Crippen LogP contribution in [-0.4, -0.2) is 56.8 Å². The summed E-state index contributed by atoms with van der Waals surface area (Å²) in [6.07, 6.45) is 0.943. The molecule has 0 aromatic heterocycles. The van der Waals surface area contributed by atoms with E-state index in [0.29, 0.717) is 25.9 Å². The van der Waals surface area contributed by atoms with Crippen molar-refractivity contribution in [1.82, 2.24) is 9.21 Å². The van der Waals surface area contributed by atoms with Crippen LogP contribution in [0.1, 0.15) is 17.5 Å². The number of rotatable bonds is 6. The van der Waals surface area contributed by atoms with Crippen LogP contribution in [0.15, 0.2) is 51.8 Å². The van der Waals surface area contributed by atoms with Crippen LogP contribution in [0.3, 0.4) is 0 Å². The molecule has 9 heteroatoms. The van der Waals surface area contributed by atoms with E-state index in [0.717, 1.165) is 15.8 Å². The molecule has 1 heterocycles. The molecule has 2 aromatic rings. The number of carbonyl (C=O) groups excluding carboxylic acids is 1. The highest BCUT2D eigenvalue weighted by atomic mass is 79.9. The lowest BCUT2D eigenvalue weighted by atomic mass is 10.1. The number of nitriles is 1. The Balaban J connectivity index is 1.58. The minimum absolute atomic E-state index is 0.00332. The summed E-state index contributed by atoms with van der Waals surface area (Å²) < 4.78 is 33.2. The summed E-state index contributed by atoms with van der Waals surface area (Å²) >= 11 is 3.44. The van der Waals surface area contributed by atoms with Crippen molar-refractivity contribution in [3.63, 3.8) is 0 Å². The van der Waals surface area contributed by atoms with Gasteiger partial charge in [-0.15, -0.1) is 0 Å². The average Bonchev–Trinajstić information content (AvgIpc) is 2.77. The first-order valence-corrected chi connectivity index (χ1v) is 11.7. The van der Waals surface area contributed by atoms with Crippen molar-refractivity contribution in [2.45, 2.75) is 17.7 Å². The molecule has 1 aliphatic rings. The molecule has 0 radical (unpaired) electrons. The maximum atomic E-state index is 12.9. The summed E-state index contributed by atoms with van der Waals surface area (Å²) in [7, 11) is -2.17. The third-order valence-corrected chi connectivity index (χ3v) is 7.64. The van der Waals surface area contributed by atoms with E-state index >= 15 is 0 Å². The van der Waals surface area contributed by atoms with Crippen LogP contribution in [0.5, 0.6) is 5.75 Å². The lowest BCUT2D eigenvalue weighted by Gasteiger charge is -2.34. The lowest BCUT2D eigenvalue weighted by molar-refractivity contribution is -0.132. The second kappa shape index (κ2) is 9.60. The summed E-state index contributed by atoms with van der Waals surface area (Å²) in [5.41, 5.74) is 1.15. The van der Waals surface area contributed by atoms with Crippen molar-refractivity contribution >= 4 is 31.9 Å². The number of halogens is 1. The fourth-order valence-electron chi connectivity index (χ4n) is 3.38. The molecule has 30 heavy (non-hydrogen) atoms. The maximum absolute atomic E-state index is 12.9. The van der Waals surface area contributed by atoms with Gasteiger partial charge in [-0.05, 0) is 52.2 Å². The van der Waals surface area contributed by atoms with Gasteiger partial charge in [0.15, 0.2) is 0 Å². The third kappa shape index (κ3) is 4.83. The van der Waals surface area contributed by atoms with Crippen LogP contribution in [0.2, 0.25) is 0 Å². The van der Waals surface area contributed by atoms with Gasteiger partial charge in [-0.2, -0.15) is 9.57 Å². The largest absolute Gasteiger partial charge is 0.496 e. The number of amides is 1. The van der Waals surface area contributed by atoms with E-state index in [2.05, 4.69) is 15.9 Å². The summed E-state index contributed by atoms with van der Waals surface area (Å²) in [4.78, 5) is 14.3. The molecule has 0 N–H and O–H groups in total. The van der Waals surface area contributed by atoms with Crippen molar-refractivity contribution in [3.05, 3.63) is 58.1 Å². The highest BCUT2D eigenvalue weighted by Gasteiger charge is 2.31. The van der Waals surface area contributed by atoms with Crippen molar-refractivity contribution in [2.24, 2.45) is 0 Å². The van der Waals surface area contributed by atoms with Crippen LogP contribution in [0.4, 0.5) is 0 Å². The van der Waals surface area contributed by atoms with Crippen LogP contribution in [-0.2, 0) is 21.2 Å². The molecule has 1 amide bonds. The Kier molecular flexibility index (Phi) is 7.13. The Morgan fingerprint density at radius 2 is 1.87 bits per heavy atom. The summed E-state index contributed by atoms with van der Waals surface area (Å²) in [5.74, 6) is 0.733. The minimum Gasteiger partial charge on any atom is -0.496 e. The molecule has 0 bridgehead atoms. The molecule has 0 unspecified atom stereocenters. The molecule has 3 rings (SSSR count). The monoisotopic (exact) mass is 491 g/mol. The van der Waals surface area contributed by atoms with Crippen molar-refractivity contribution in [1.29, 1.82) is 5.26 Å². The average molecular weight is 492 g/mol. The van der Waals surface area contributed by atoms with Crippen LogP contribution in [0.25, 0.3) is 0 Å². The zero-order valence-electron chi connectivity index (χ0n) is 16.5. The normalized spacial score (nSPS) is 14.9. The fraction of sp³-hybridized carbons (Fsp3) is 0.333. The molecule has 1 saturated heterocycles. The SMILES string of the molecule is COc1ccc(CCC(=O)N2CCN(S(=O)(=O)c3ccccc3C#N)CC2)cc1Br. The number of benzene rings is 2. The molecule has 1 aliphatic heterocycles. The Morgan fingerprint density at radius 3 is 2.50 bits per heavy atom. The van der Waals surface area contributed by atoms with Gasteiger partial charge in [0.25, 0.3) is 0 Å². The number of ether oxygens (including phenoxy) is 1. The van der Waals surface area contributed by atoms with Crippen LogP contribution < -0.4 is 4.74 Å². The number of hydrogen-bond acceptors (Lipinski definition) is 5. The van der Waals surface area contributed by atoms with Crippen molar-refractivity contribution in [2.75, 3.05) is 33.3 Å². The van der Waals surface area contributed by atoms with E-state index in [4.69, 9.17) is 4.74 Å². The van der Waals surface area contributed by atoms with Gasteiger partial charge in [0, 0.05) is 32.6 Å². The first kappa shape index (κ1) is 22.3. The van der Waals surface area contributed by atoms with Gasteiger partial charge in [-0.1, -0.05) is 18.2 Å². The first-order valence-electron chi connectivity index (χ1n) is 9.46. The number of piperazine rings is 1. The molecule has 7 nitrogen and oxygen atoms in total. The predicted octanol–water partition coefficient (Wildman–Crippen LogP) is 2.80. The molecule has 1 fully saturated rings. The smallest absolute Gasteiger partial charge is 0.244 e. The minimum atomic E-state index is -3.76. The van der Waals surface area contributed by atoms with Gasteiger partial charge in [-0.25, -0.2) is 8.42 Å². The van der Waals surface area contributed by atoms with E-state index in [9.17, 15) is 18.5 Å². The van der Waals surface area contributed by atoms with Gasteiger partial charge in [0.1, 0.15) is 11.8 Å². The number of nitrogens with zero attached hydrogens (tertiary/aromatic N) is 3. The molecular formula is C21H22BrN3O4S. The Bertz CT molecular complexity index is 1070. The summed E-state index contributed by atoms with van der Waals surface area (Å²) in [6, 6.07) is 13.8. The standard InChI is InChI=1S/C21H22BrN3O4S/c1-29-19-8-6-16(14-18(19)22)7-9-21(26)24-10-12-25(13-11-24)30(27,28)20-5-3-2-4-17(20)15-23/h2-6,8,14H,7,9-13H2,1H3. The van der Waals surface area contributed by atoms with Crippen molar-refractivity contribution < 1.29 is 17.9 Å². The summed E-state index contributed by atoms with van der Waals surface area (Å²) in [5, 5.41) is 9.20. The van der Waals surface area contributed by atoms with E-state index in [1.54, 1.807) is 24.1 Å². The zero-order valence-corrected chi connectivity index (χ0v) is 18.9. The Labute approximate surface area is 185 Å². The van der Waals surface area contributed by atoms with E-state index in [1.165, 1.54) is 16.4 Å². The number of sulfonamides is 1. The molecule has 0 saturated carbocycles. The van der Waals surface area contributed by atoms with Crippen molar-refractivity contribution in [3.8, 4) is 11.8 Å². The van der Waals surface area contributed by atoms with Gasteiger partial charge in [-0.3, -0.25) is 4.79 Å². The highest BCUT2D eigenvalue weighted by Crippen LogP contribution is 2.26. The fourth-order valence-corrected chi connectivity index (χ4v) is 5.53. The second-order valence-corrected chi connectivity index (χ2v) is 9.62. The van der Waals surface area contributed by atoms with E-state index in [1.807, 2.05) is 24.3 Å². The predicted molar refractivity (Wildman–Crippen MR) is 116 cm³/mol. The molecular weight excluding hydrogens is 470 g/mol. The summed E-state index contributed by atoms with van der Waals surface area (Å²) in [6.45, 7) is 1.09. The molecule has 0 atom stereocenters. The topological polar surface area (TPSA) is 90.7 Å². The molecule has 0 spiro atoms. The molecule has 158 valence electrons. The van der Waals surface area contributed by atoms with Gasteiger partial charge in [0.2, 0.25) is 15.9 Å². The molecule has 0 aliphatic carbocycles. The third-order valence-electron chi connectivity index (χ3n) is 5.06. The first-order chi connectivity index (χ1) is 14.4. The number of aryl methyl sites for hydroxylation is 1. The van der Waals surface area contributed by atoms with Gasteiger partial charge >= 0.3 is 0 Å². The number of hydrogen-bond donors (Lipinski definition) is 0. The number of methoxy groups -OCH3 is 1. The lowest BCUT2D eigenvalue weighted by Crippen LogP contribution is -2.50. The van der Waals surface area contributed by atoms with Gasteiger partial charge in [0.05, 0.1) is 22.0 Å². The second-order valence-electron chi connectivity index (χ2n) is 6.86. The quantitative estimate of drug-likeness (QED) is 0.619. The maximum Gasteiger partial charge on any atom is 0.244 e. The van der Waals surface area contributed by atoms with E-state index < -0.39 is 10.0 Å². The van der Waals surface area contributed by atoms with Crippen LogP contribution >= 0.6 is 15.9 Å². The van der Waals surface area contributed by atoms with E-state index in [-0.39, 0.29) is 29.5 Å². The van der Waals surface area contributed by atoms with Gasteiger partial charge < -0.3 is 9.64 Å². The van der Waals surface area contributed by atoms with Crippen LogP contribution in [0, 0.1) is 11.3 Å². The highest BCUT2D eigenvalue weighted by molar-refractivity contribution is 9.10. The number of carbonyl (C=O) groups is 1. The zero-order chi connectivity index (χ0) is 21.7. The Morgan fingerprint density at radius 1 is 1.17 bits per heavy atom. The molecule has 2 aromatic carbocycles. The Hall–Kier alpha value is -2.41.